The van der Waals surface area contributed by atoms with E-state index >= 15 is 0 Å². The van der Waals surface area contributed by atoms with Gasteiger partial charge in [-0.1, -0.05) is 121 Å². The fourth-order valence-corrected chi connectivity index (χ4v) is 8.93. The Morgan fingerprint density at radius 2 is 0.679 bits per heavy atom. The Balaban J connectivity index is 1.66. The topological polar surface area (TPSA) is 400 Å². The molecular weight excluding hydrogens is 1080 g/mol. The van der Waals surface area contributed by atoms with Crippen LogP contribution in [0.3, 0.4) is 0 Å². The van der Waals surface area contributed by atoms with Crippen LogP contribution in [0.4, 0.5) is 0 Å². The first-order valence-corrected chi connectivity index (χ1v) is 27.7. The van der Waals surface area contributed by atoms with Crippen LogP contribution in [0.1, 0.15) is 93.4 Å². The van der Waals surface area contributed by atoms with Crippen molar-refractivity contribution in [3.05, 3.63) is 144 Å². The van der Waals surface area contributed by atoms with E-state index in [9.17, 15) is 63.0 Å². The lowest BCUT2D eigenvalue weighted by Gasteiger charge is -2.28. The number of amides is 9. The van der Waals surface area contributed by atoms with Crippen molar-refractivity contribution >= 4 is 71.3 Å². The smallest absolute Gasteiger partial charge is 0.303 e. The summed E-state index contributed by atoms with van der Waals surface area (Å²) in [7, 11) is 0. The van der Waals surface area contributed by atoms with Gasteiger partial charge in [0, 0.05) is 45.4 Å². The zero-order valence-electron chi connectivity index (χ0n) is 46.9. The van der Waals surface area contributed by atoms with Gasteiger partial charge in [0.05, 0.1) is 0 Å². The van der Waals surface area contributed by atoms with Gasteiger partial charge < -0.3 is 69.6 Å². The zero-order valence-corrected chi connectivity index (χ0v) is 46.9. The van der Waals surface area contributed by atoms with E-state index in [0.717, 1.165) is 11.8 Å². The van der Waals surface area contributed by atoms with E-state index in [1.165, 1.54) is 6.92 Å². The summed E-state index contributed by atoms with van der Waals surface area (Å²) >= 11 is 0. The molecule has 4 aromatic carbocycles. The van der Waals surface area contributed by atoms with Crippen molar-refractivity contribution in [3.63, 3.8) is 0 Å². The van der Waals surface area contributed by atoms with Gasteiger partial charge in [0.25, 0.3) is 0 Å². The molecular formula is C60H77N11O13. The highest BCUT2D eigenvalue weighted by molar-refractivity contribution is 5.98. The lowest BCUT2D eigenvalue weighted by atomic mass is 10.0. The number of primary amides is 1. The summed E-state index contributed by atoms with van der Waals surface area (Å²) in [5.41, 5.74) is 13.7. The van der Waals surface area contributed by atoms with Gasteiger partial charge in [0.15, 0.2) is 0 Å². The van der Waals surface area contributed by atoms with Gasteiger partial charge in [-0.25, -0.2) is 0 Å². The normalized spacial score (nSPS) is 13.7. The maximum absolute atomic E-state index is 14.7. The average Bonchev–Trinajstić information content (AvgIpc) is 3.68. The first kappa shape index (κ1) is 67.2. The summed E-state index contributed by atoms with van der Waals surface area (Å²) in [4.78, 5) is 148. The second kappa shape index (κ2) is 36.2. The van der Waals surface area contributed by atoms with Crippen LogP contribution in [0, 0.1) is 5.41 Å². The second-order valence-electron chi connectivity index (χ2n) is 20.1. The molecule has 450 valence electrons. The average molecular weight is 1160 g/mol. The fourth-order valence-electron chi connectivity index (χ4n) is 8.93. The zero-order chi connectivity index (χ0) is 61.4. The first-order chi connectivity index (χ1) is 40.3. The number of unbranched alkanes of at least 4 members (excludes halogenated alkanes) is 2. The van der Waals surface area contributed by atoms with Gasteiger partial charge in [0.1, 0.15) is 48.3 Å². The van der Waals surface area contributed by atoms with E-state index in [2.05, 4.69) is 42.5 Å². The maximum Gasteiger partial charge on any atom is 0.303 e. The van der Waals surface area contributed by atoms with Crippen molar-refractivity contribution < 1.29 is 63.0 Å². The van der Waals surface area contributed by atoms with E-state index in [-0.39, 0.29) is 64.3 Å². The molecule has 0 aliphatic carbocycles. The molecule has 0 saturated carbocycles. The Hall–Kier alpha value is -9.32. The Labute approximate surface area is 487 Å². The number of hydrogen-bond donors (Lipinski definition) is 13. The van der Waals surface area contributed by atoms with Crippen molar-refractivity contribution in [3.8, 4) is 0 Å². The molecule has 0 aliphatic heterocycles. The molecule has 0 heterocycles. The number of benzene rings is 4. The third kappa shape index (κ3) is 24.8. The molecule has 0 aliphatic rings. The Morgan fingerprint density at radius 3 is 0.976 bits per heavy atom. The van der Waals surface area contributed by atoms with Crippen LogP contribution in [0.15, 0.2) is 121 Å². The van der Waals surface area contributed by atoms with Gasteiger partial charge >= 0.3 is 11.9 Å². The van der Waals surface area contributed by atoms with E-state index < -0.39 is 133 Å². The summed E-state index contributed by atoms with van der Waals surface area (Å²) in [5, 5.41) is 47.7. The van der Waals surface area contributed by atoms with Crippen molar-refractivity contribution in [2.24, 2.45) is 11.5 Å². The number of nitrogens with two attached hydrogens (primary N) is 2. The summed E-state index contributed by atoms with van der Waals surface area (Å²) < 4.78 is 0. The third-order valence-electron chi connectivity index (χ3n) is 13.4. The molecule has 84 heavy (non-hydrogen) atoms. The van der Waals surface area contributed by atoms with Crippen LogP contribution in [-0.4, -0.2) is 136 Å². The Bertz CT molecular complexity index is 2830. The summed E-state index contributed by atoms with van der Waals surface area (Å²) in [6.07, 6.45) is -0.0514. The fraction of sp³-hybridized carbons (Fsp3) is 0.400. The summed E-state index contributed by atoms with van der Waals surface area (Å²) in [5.74, 6) is -10.2. The predicted molar refractivity (Wildman–Crippen MR) is 310 cm³/mol. The number of carboxylic acids is 2. The SMILES string of the molecule is CC(=O)N[C@@H](Cc1ccccc1)C(=O)N[C@@H](CCCC=N)C(=O)N[C@@H](Cc1ccccc1)C(=O)N[C@@H](CCC(=O)O)C(=O)N[C@@H](Cc1ccccc1)C(=O)N[C@@H](CCCCN)C(=O)N[C@@H](Cc1ccccc1)C(=O)N[C@@H](CCC(=O)O)C(N)=O. The van der Waals surface area contributed by atoms with E-state index in [1.807, 2.05) is 0 Å². The number of carbonyl (C=O) groups is 11. The molecule has 0 saturated heterocycles. The molecule has 4 aromatic rings. The van der Waals surface area contributed by atoms with Gasteiger partial charge in [-0.15, -0.1) is 0 Å². The molecule has 9 amide bonds. The van der Waals surface area contributed by atoms with Crippen molar-refractivity contribution in [1.82, 2.24) is 42.5 Å². The molecule has 4 rings (SSSR count). The van der Waals surface area contributed by atoms with Crippen LogP contribution < -0.4 is 54.0 Å². The number of carbonyl (C=O) groups excluding carboxylic acids is 9. The van der Waals surface area contributed by atoms with Gasteiger partial charge in [0.2, 0.25) is 53.2 Å². The van der Waals surface area contributed by atoms with Crippen molar-refractivity contribution in [2.75, 3.05) is 6.54 Å². The van der Waals surface area contributed by atoms with Gasteiger partial charge in [-0.2, -0.15) is 0 Å². The van der Waals surface area contributed by atoms with E-state index in [1.54, 1.807) is 121 Å². The minimum atomic E-state index is -1.66. The second-order valence-corrected chi connectivity index (χ2v) is 20.1. The molecule has 8 atom stereocenters. The lowest BCUT2D eigenvalue weighted by molar-refractivity contribution is -0.139. The minimum absolute atomic E-state index is 0.00592. The number of hydrogen-bond acceptors (Lipinski definition) is 13. The predicted octanol–water partition coefficient (Wildman–Crippen LogP) is 1.02. The number of aliphatic carboxylic acids is 2. The van der Waals surface area contributed by atoms with Crippen LogP contribution >= 0.6 is 0 Å². The lowest BCUT2D eigenvalue weighted by Crippen LogP contribution is -2.61. The molecule has 0 unspecified atom stereocenters. The van der Waals surface area contributed by atoms with Crippen LogP contribution in [0.2, 0.25) is 0 Å². The maximum atomic E-state index is 14.7. The van der Waals surface area contributed by atoms with Crippen molar-refractivity contribution in [2.45, 2.75) is 145 Å². The molecule has 0 radical (unpaired) electrons. The Kier molecular flexibility index (Phi) is 29.0. The summed E-state index contributed by atoms with van der Waals surface area (Å²) in [6, 6.07) is 23.1. The number of rotatable bonds is 38. The third-order valence-corrected chi connectivity index (χ3v) is 13.4. The number of nitrogens with one attached hydrogen (secondary N) is 9. The molecule has 0 fully saturated rings. The Morgan fingerprint density at radius 1 is 0.405 bits per heavy atom. The van der Waals surface area contributed by atoms with Gasteiger partial charge in [-0.3, -0.25) is 52.7 Å². The quantitative estimate of drug-likeness (QED) is 0.0220. The molecule has 0 bridgehead atoms. The van der Waals surface area contributed by atoms with Crippen molar-refractivity contribution in [1.29, 1.82) is 5.41 Å². The molecule has 0 aromatic heterocycles. The van der Waals surface area contributed by atoms with E-state index in [0.29, 0.717) is 29.5 Å². The summed E-state index contributed by atoms with van der Waals surface area (Å²) in [6.45, 7) is 1.46. The molecule has 24 nitrogen and oxygen atoms in total. The van der Waals surface area contributed by atoms with Crippen LogP contribution in [-0.2, 0) is 78.4 Å². The highest BCUT2D eigenvalue weighted by Crippen LogP contribution is 2.13. The standard InChI is InChI=1S/C60H77N11O13/c1-38(72)64-47(34-39-18-6-2-7-19-39)57(81)66-44(26-14-16-32-61)54(78)70-50(37-42-24-12-5-13-25-42)60(84)68-46(29-31-52(75)76)56(80)71-49(36-41-22-10-4-11-23-41)59(83)67-45(27-15-17-33-62)55(79)69-48(35-40-20-8-3-9-21-40)58(82)65-43(53(63)77)28-30-51(73)74/h2-13,18-25,32,43-50,61H,14-17,26-31,33-37,62H2,1H3,(H2,63,77)(H,64,72)(H,65,82)(H,66,81)(H,67,83)(H,68,84)(H,69,79)(H,70,78)(H,71,80)(H,73,74)(H,75,76)/t43-,44-,45-,46-,47-,48-,49-,50-/m0/s1. The number of carboxylic acid groups (broad SMARTS) is 2. The molecule has 0 spiro atoms. The van der Waals surface area contributed by atoms with Crippen LogP contribution in [0.25, 0.3) is 0 Å². The van der Waals surface area contributed by atoms with E-state index in [4.69, 9.17) is 16.9 Å². The monoisotopic (exact) mass is 1160 g/mol. The molecule has 24 heteroatoms. The van der Waals surface area contributed by atoms with Crippen LogP contribution in [0.5, 0.6) is 0 Å². The highest BCUT2D eigenvalue weighted by atomic mass is 16.4. The first-order valence-electron chi connectivity index (χ1n) is 27.7. The minimum Gasteiger partial charge on any atom is -0.481 e. The highest BCUT2D eigenvalue weighted by Gasteiger charge is 2.35. The largest absolute Gasteiger partial charge is 0.481 e. The molecule has 15 N–H and O–H groups in total. The van der Waals surface area contributed by atoms with Gasteiger partial charge in [-0.05, 0) is 86.4 Å².